The minimum Gasteiger partial charge on any atom is -0.444 e. The third-order valence-corrected chi connectivity index (χ3v) is 4.20. The van der Waals surface area contributed by atoms with Crippen molar-refractivity contribution < 1.29 is 14.3 Å². The van der Waals surface area contributed by atoms with E-state index in [0.29, 0.717) is 41.9 Å². The topological polar surface area (TPSA) is 83.6 Å². The number of pyridine rings is 1. The third kappa shape index (κ3) is 5.92. The molecule has 7 nitrogen and oxygen atoms in total. The molecule has 1 aromatic rings. The summed E-state index contributed by atoms with van der Waals surface area (Å²) in [5.41, 5.74) is -0.588. The highest BCUT2D eigenvalue weighted by atomic mass is 35.5. The molecule has 9 heteroatoms. The van der Waals surface area contributed by atoms with Crippen LogP contribution < -0.4 is 10.6 Å². The number of anilines is 1. The molecule has 0 aliphatic carbocycles. The lowest BCUT2D eigenvalue weighted by Crippen LogP contribution is -2.48. The molecule has 2 N–H and O–H groups in total. The summed E-state index contributed by atoms with van der Waals surface area (Å²) in [6, 6.07) is 1.09. The number of halogens is 2. The number of nitrogens with one attached hydrogen (secondary N) is 2. The Balaban J connectivity index is 1.80. The van der Waals surface area contributed by atoms with Crippen molar-refractivity contribution in [3.05, 3.63) is 22.3 Å². The largest absolute Gasteiger partial charge is 0.444 e. The van der Waals surface area contributed by atoms with Crippen molar-refractivity contribution in [1.29, 1.82) is 0 Å². The van der Waals surface area contributed by atoms with Gasteiger partial charge in [-0.25, -0.2) is 9.78 Å². The summed E-state index contributed by atoms with van der Waals surface area (Å²) in [6.07, 6.45) is 2.44. The molecule has 2 amide bonds. The molecule has 1 aliphatic rings. The van der Waals surface area contributed by atoms with Crippen molar-refractivity contribution in [2.24, 2.45) is 0 Å². The second-order valence-electron chi connectivity index (χ2n) is 7.03. The standard InChI is InChI=1S/C17H24Cl2N4O3/c1-17(2,3)26-16(25)23-8-4-5-13(23)15(24)21-7-6-20-14-12(19)9-11(18)10-22-14/h9-10,13H,4-8H2,1-3H3,(H,20,22)(H,21,24). The smallest absolute Gasteiger partial charge is 0.410 e. The van der Waals surface area contributed by atoms with Gasteiger partial charge in [0, 0.05) is 25.8 Å². The van der Waals surface area contributed by atoms with Crippen LogP contribution in [0.3, 0.4) is 0 Å². The van der Waals surface area contributed by atoms with Gasteiger partial charge in [-0.3, -0.25) is 9.69 Å². The van der Waals surface area contributed by atoms with E-state index in [0.717, 1.165) is 6.42 Å². The van der Waals surface area contributed by atoms with E-state index < -0.39 is 17.7 Å². The Morgan fingerprint density at radius 3 is 2.73 bits per heavy atom. The molecule has 1 aromatic heterocycles. The predicted octanol–water partition coefficient (Wildman–Crippen LogP) is 3.32. The highest BCUT2D eigenvalue weighted by molar-refractivity contribution is 6.35. The second-order valence-corrected chi connectivity index (χ2v) is 7.88. The van der Waals surface area contributed by atoms with Crippen LogP contribution in [0.4, 0.5) is 10.6 Å². The number of aromatic nitrogens is 1. The van der Waals surface area contributed by atoms with Crippen LogP contribution in [0, 0.1) is 0 Å². The fraction of sp³-hybridized carbons (Fsp3) is 0.588. The number of rotatable bonds is 5. The van der Waals surface area contributed by atoms with E-state index >= 15 is 0 Å². The molecular weight excluding hydrogens is 379 g/mol. The Bertz CT molecular complexity index is 664. The van der Waals surface area contributed by atoms with Gasteiger partial charge in [0.25, 0.3) is 0 Å². The van der Waals surface area contributed by atoms with Gasteiger partial charge in [-0.15, -0.1) is 0 Å². The van der Waals surface area contributed by atoms with Gasteiger partial charge in [0.05, 0.1) is 10.0 Å². The molecule has 2 heterocycles. The van der Waals surface area contributed by atoms with Crippen LogP contribution in [0.2, 0.25) is 10.0 Å². The van der Waals surface area contributed by atoms with Crippen molar-refractivity contribution >= 4 is 41.0 Å². The Kier molecular flexibility index (Phi) is 6.94. The molecule has 1 aliphatic heterocycles. The molecule has 0 spiro atoms. The average Bonchev–Trinajstić information content (AvgIpc) is 3.01. The van der Waals surface area contributed by atoms with Gasteiger partial charge in [-0.2, -0.15) is 0 Å². The van der Waals surface area contributed by atoms with E-state index in [-0.39, 0.29) is 5.91 Å². The summed E-state index contributed by atoms with van der Waals surface area (Å²) in [7, 11) is 0. The number of carbonyl (C=O) groups excluding carboxylic acids is 2. The lowest BCUT2D eigenvalue weighted by atomic mass is 10.2. The SMILES string of the molecule is CC(C)(C)OC(=O)N1CCCC1C(=O)NCCNc1ncc(Cl)cc1Cl. The highest BCUT2D eigenvalue weighted by Crippen LogP contribution is 2.22. The van der Waals surface area contributed by atoms with E-state index in [1.54, 1.807) is 26.8 Å². The molecule has 1 saturated heterocycles. The zero-order valence-electron chi connectivity index (χ0n) is 15.1. The molecule has 26 heavy (non-hydrogen) atoms. The van der Waals surface area contributed by atoms with E-state index in [1.165, 1.54) is 11.1 Å². The Morgan fingerprint density at radius 1 is 1.35 bits per heavy atom. The third-order valence-electron chi connectivity index (χ3n) is 3.71. The number of hydrogen-bond acceptors (Lipinski definition) is 5. The maximum Gasteiger partial charge on any atom is 0.410 e. The molecule has 144 valence electrons. The number of likely N-dealkylation sites (tertiary alicyclic amines) is 1. The Hall–Kier alpha value is -1.73. The molecule has 0 saturated carbocycles. The lowest BCUT2D eigenvalue weighted by Gasteiger charge is -2.28. The normalized spacial score (nSPS) is 17.1. The van der Waals surface area contributed by atoms with Gasteiger partial charge in [0.15, 0.2) is 0 Å². The molecule has 1 unspecified atom stereocenters. The van der Waals surface area contributed by atoms with Crippen molar-refractivity contribution in [2.45, 2.75) is 45.3 Å². The minimum absolute atomic E-state index is 0.190. The van der Waals surface area contributed by atoms with Crippen LogP contribution in [0.1, 0.15) is 33.6 Å². The maximum atomic E-state index is 12.4. The molecule has 0 aromatic carbocycles. The van der Waals surface area contributed by atoms with Gasteiger partial charge in [-0.05, 0) is 39.7 Å². The molecule has 0 radical (unpaired) electrons. The van der Waals surface area contributed by atoms with E-state index in [9.17, 15) is 9.59 Å². The summed E-state index contributed by atoms with van der Waals surface area (Å²) in [6.45, 7) is 6.75. The van der Waals surface area contributed by atoms with Crippen LogP contribution >= 0.6 is 23.2 Å². The van der Waals surface area contributed by atoms with Gasteiger partial charge >= 0.3 is 6.09 Å². The van der Waals surface area contributed by atoms with Crippen LogP contribution in [0.25, 0.3) is 0 Å². The predicted molar refractivity (Wildman–Crippen MR) is 102 cm³/mol. The Morgan fingerprint density at radius 2 is 2.08 bits per heavy atom. The summed E-state index contributed by atoms with van der Waals surface area (Å²) in [5.74, 6) is 0.312. The van der Waals surface area contributed by atoms with Crippen molar-refractivity contribution in [2.75, 3.05) is 25.0 Å². The molecule has 0 bridgehead atoms. The zero-order chi connectivity index (χ0) is 19.3. The van der Waals surface area contributed by atoms with Crippen molar-refractivity contribution in [3.8, 4) is 0 Å². The fourth-order valence-corrected chi connectivity index (χ4v) is 3.05. The average molecular weight is 403 g/mol. The molecule has 2 rings (SSSR count). The van der Waals surface area contributed by atoms with Crippen LogP contribution in [0.5, 0.6) is 0 Å². The summed E-state index contributed by atoms with van der Waals surface area (Å²) in [4.78, 5) is 30.2. The van der Waals surface area contributed by atoms with Crippen LogP contribution in [-0.2, 0) is 9.53 Å². The first-order chi connectivity index (χ1) is 12.2. The summed E-state index contributed by atoms with van der Waals surface area (Å²) < 4.78 is 5.37. The van der Waals surface area contributed by atoms with E-state index in [1.807, 2.05) is 0 Å². The number of amides is 2. The molecular formula is C17H24Cl2N4O3. The first kappa shape index (κ1) is 20.6. The number of nitrogens with zero attached hydrogens (tertiary/aromatic N) is 2. The number of ether oxygens (including phenoxy) is 1. The first-order valence-electron chi connectivity index (χ1n) is 8.49. The maximum absolute atomic E-state index is 12.4. The second kappa shape index (κ2) is 8.77. The van der Waals surface area contributed by atoms with Crippen LogP contribution in [-0.4, -0.2) is 53.2 Å². The molecule has 1 atom stereocenters. The number of carbonyl (C=O) groups is 2. The van der Waals surface area contributed by atoms with Gasteiger partial charge in [0.1, 0.15) is 17.5 Å². The van der Waals surface area contributed by atoms with Gasteiger partial charge in [-0.1, -0.05) is 23.2 Å². The quantitative estimate of drug-likeness (QED) is 0.737. The monoisotopic (exact) mass is 402 g/mol. The summed E-state index contributed by atoms with van der Waals surface area (Å²) in [5, 5.41) is 6.72. The molecule has 1 fully saturated rings. The zero-order valence-corrected chi connectivity index (χ0v) is 16.7. The number of hydrogen-bond donors (Lipinski definition) is 2. The van der Waals surface area contributed by atoms with E-state index in [2.05, 4.69) is 15.6 Å². The first-order valence-corrected chi connectivity index (χ1v) is 9.25. The Labute approximate surface area is 163 Å². The minimum atomic E-state index is -0.588. The van der Waals surface area contributed by atoms with Gasteiger partial charge < -0.3 is 15.4 Å². The van der Waals surface area contributed by atoms with Gasteiger partial charge in [0.2, 0.25) is 5.91 Å². The van der Waals surface area contributed by atoms with Crippen molar-refractivity contribution in [3.63, 3.8) is 0 Å². The van der Waals surface area contributed by atoms with E-state index in [4.69, 9.17) is 27.9 Å². The van der Waals surface area contributed by atoms with Crippen molar-refractivity contribution in [1.82, 2.24) is 15.2 Å². The summed E-state index contributed by atoms with van der Waals surface area (Å²) >= 11 is 11.8. The lowest BCUT2D eigenvalue weighted by molar-refractivity contribution is -0.125. The highest BCUT2D eigenvalue weighted by Gasteiger charge is 2.36. The fourth-order valence-electron chi connectivity index (χ4n) is 2.61. The van der Waals surface area contributed by atoms with Crippen LogP contribution in [0.15, 0.2) is 12.3 Å².